The highest BCUT2D eigenvalue weighted by atomic mass is 16.5. The van der Waals surface area contributed by atoms with Crippen LogP contribution in [0, 0.1) is 0 Å². The molecule has 0 aromatic carbocycles. The topological polar surface area (TPSA) is 185 Å². The van der Waals surface area contributed by atoms with Crippen molar-refractivity contribution in [1.82, 2.24) is 4.90 Å². The van der Waals surface area contributed by atoms with Gasteiger partial charge in [0.15, 0.2) is 0 Å². The summed E-state index contributed by atoms with van der Waals surface area (Å²) in [6.45, 7) is 1.02. The van der Waals surface area contributed by atoms with Crippen LogP contribution in [0.1, 0.15) is 0 Å². The zero-order chi connectivity index (χ0) is 16.4. The van der Waals surface area contributed by atoms with E-state index in [2.05, 4.69) is 0 Å². The molecule has 0 bridgehead atoms. The van der Waals surface area contributed by atoms with Crippen molar-refractivity contribution in [3.8, 4) is 0 Å². The van der Waals surface area contributed by atoms with Crippen molar-refractivity contribution in [1.29, 1.82) is 0 Å². The van der Waals surface area contributed by atoms with E-state index >= 15 is 0 Å². The maximum absolute atomic E-state index is 8.48. The van der Waals surface area contributed by atoms with Crippen LogP contribution in [-0.2, 0) is 0 Å². The molecule has 0 radical (unpaired) electrons. The highest BCUT2D eigenvalue weighted by Gasteiger charge is 2.00. The molecule has 20 heavy (non-hydrogen) atoms. The van der Waals surface area contributed by atoms with Crippen LogP contribution < -0.4 is 0 Å². The van der Waals surface area contributed by atoms with Gasteiger partial charge in [0.05, 0.1) is 33.0 Å². The molecule has 0 saturated heterocycles. The van der Waals surface area contributed by atoms with Crippen molar-refractivity contribution in [2.45, 2.75) is 6.10 Å². The molecule has 0 fully saturated rings. The predicted molar refractivity (Wildman–Crippen MR) is 70.3 cm³/mol. The zero-order valence-corrected chi connectivity index (χ0v) is 11.3. The van der Waals surface area contributed by atoms with Crippen molar-refractivity contribution >= 4 is 7.32 Å². The van der Waals surface area contributed by atoms with Gasteiger partial charge in [0.2, 0.25) is 0 Å². The quantitative estimate of drug-likeness (QED) is 0.196. The molecule has 124 valence electrons. The van der Waals surface area contributed by atoms with Gasteiger partial charge in [0.25, 0.3) is 0 Å². The number of nitrogens with zero attached hydrogens (tertiary/aromatic N) is 1. The summed E-state index contributed by atoms with van der Waals surface area (Å²) in [5.41, 5.74) is 0. The molecule has 0 rings (SSSR count). The Hall–Kier alpha value is -0.335. The summed E-state index contributed by atoms with van der Waals surface area (Å²) in [6.07, 6.45) is -0.954. The van der Waals surface area contributed by atoms with E-state index in [1.807, 2.05) is 0 Å². The molecule has 11 heteroatoms. The van der Waals surface area contributed by atoms with E-state index in [1.54, 1.807) is 4.90 Å². The second kappa shape index (κ2) is 21.0. The molecule has 0 aromatic rings. The Labute approximate surface area is 118 Å². The summed E-state index contributed by atoms with van der Waals surface area (Å²) in [5.74, 6) is 0. The van der Waals surface area contributed by atoms with E-state index in [0.717, 1.165) is 0 Å². The molecule has 0 aliphatic rings. The second-order valence-corrected chi connectivity index (χ2v) is 3.38. The van der Waals surface area contributed by atoms with Crippen LogP contribution in [0.2, 0.25) is 0 Å². The molecule has 0 aliphatic carbocycles. The summed E-state index contributed by atoms with van der Waals surface area (Å²) < 4.78 is 0. The van der Waals surface area contributed by atoms with Gasteiger partial charge in [-0.25, -0.2) is 0 Å². The van der Waals surface area contributed by atoms with Gasteiger partial charge in [-0.1, -0.05) is 0 Å². The molecule has 0 unspecified atom stereocenters. The molecular formula is C9H26BNO9. The monoisotopic (exact) mass is 303 g/mol. The first-order valence-electron chi connectivity index (χ1n) is 5.88. The Kier molecular flexibility index (Phi) is 25.9. The lowest BCUT2D eigenvalue weighted by atomic mass is 10.3. The van der Waals surface area contributed by atoms with Crippen LogP contribution in [0.5, 0.6) is 0 Å². The fourth-order valence-corrected chi connectivity index (χ4v) is 0.817. The van der Waals surface area contributed by atoms with E-state index in [4.69, 9.17) is 45.7 Å². The number of hydrogen-bond acceptors (Lipinski definition) is 10. The van der Waals surface area contributed by atoms with Gasteiger partial charge >= 0.3 is 7.32 Å². The number of rotatable bonds is 8. The van der Waals surface area contributed by atoms with Crippen molar-refractivity contribution in [2.75, 3.05) is 52.7 Å². The van der Waals surface area contributed by atoms with Crippen LogP contribution in [0.15, 0.2) is 0 Å². The fourth-order valence-electron chi connectivity index (χ4n) is 0.817. The standard InChI is InChI=1S/C6H15NO3.C3H8O3.BH3O3/c8-4-1-7(2-5-9)3-6-10;4-1-3(6)2-5;2-1(3)4/h8-10H,1-6H2;3-6H,1-2H2;2-4H. The van der Waals surface area contributed by atoms with Gasteiger partial charge in [-0.2, -0.15) is 0 Å². The van der Waals surface area contributed by atoms with Gasteiger partial charge in [-0.05, 0) is 0 Å². The molecule has 0 aliphatic heterocycles. The molecule has 10 nitrogen and oxygen atoms in total. The molecule has 0 heterocycles. The van der Waals surface area contributed by atoms with Crippen LogP contribution >= 0.6 is 0 Å². The first kappa shape index (κ1) is 24.7. The van der Waals surface area contributed by atoms with E-state index < -0.39 is 13.4 Å². The first-order chi connectivity index (χ1) is 9.39. The molecule has 9 N–H and O–H groups in total. The van der Waals surface area contributed by atoms with Gasteiger partial charge in [0, 0.05) is 19.6 Å². The van der Waals surface area contributed by atoms with Crippen molar-refractivity contribution < 1.29 is 45.7 Å². The van der Waals surface area contributed by atoms with Gasteiger partial charge in [0.1, 0.15) is 6.10 Å². The van der Waals surface area contributed by atoms with Crippen molar-refractivity contribution in [3.05, 3.63) is 0 Å². The summed E-state index contributed by atoms with van der Waals surface area (Å²) in [5, 5.41) is 71.0. The Morgan fingerprint density at radius 1 is 0.700 bits per heavy atom. The van der Waals surface area contributed by atoms with Crippen LogP contribution in [0.3, 0.4) is 0 Å². The lowest BCUT2D eigenvalue weighted by Crippen LogP contribution is -2.32. The highest BCUT2D eigenvalue weighted by Crippen LogP contribution is 1.84. The van der Waals surface area contributed by atoms with Crippen LogP contribution in [-0.4, -0.2) is 117 Å². The minimum absolute atomic E-state index is 0.0694. The lowest BCUT2D eigenvalue weighted by Gasteiger charge is -2.17. The third-order valence-electron chi connectivity index (χ3n) is 1.67. The molecule has 0 spiro atoms. The SMILES string of the molecule is OB(O)O.OCC(O)CO.OCCN(CCO)CCO. The van der Waals surface area contributed by atoms with Gasteiger partial charge in [-0.3, -0.25) is 4.90 Å². The van der Waals surface area contributed by atoms with Gasteiger partial charge in [-0.15, -0.1) is 0 Å². The van der Waals surface area contributed by atoms with E-state index in [-0.39, 0.29) is 33.0 Å². The van der Waals surface area contributed by atoms with Crippen LogP contribution in [0.4, 0.5) is 0 Å². The Balaban J connectivity index is -0.000000246. The Morgan fingerprint density at radius 3 is 1.05 bits per heavy atom. The third kappa shape index (κ3) is 30.6. The van der Waals surface area contributed by atoms with Gasteiger partial charge < -0.3 is 45.7 Å². The molecule has 0 saturated carbocycles. The summed E-state index contributed by atoms with van der Waals surface area (Å²) in [6, 6.07) is 0. The zero-order valence-electron chi connectivity index (χ0n) is 11.3. The normalized spacial score (nSPS) is 9.75. The summed E-state index contributed by atoms with van der Waals surface area (Å²) in [7, 11) is -2.17. The maximum atomic E-state index is 8.48. The lowest BCUT2D eigenvalue weighted by molar-refractivity contribution is 0.0450. The summed E-state index contributed by atoms with van der Waals surface area (Å²) in [4.78, 5) is 1.79. The van der Waals surface area contributed by atoms with Crippen molar-refractivity contribution in [2.24, 2.45) is 0 Å². The second-order valence-electron chi connectivity index (χ2n) is 3.38. The minimum atomic E-state index is -2.17. The Bertz CT molecular complexity index is 145. The first-order valence-corrected chi connectivity index (χ1v) is 5.88. The van der Waals surface area contributed by atoms with Crippen molar-refractivity contribution in [3.63, 3.8) is 0 Å². The molecule has 0 aromatic heterocycles. The van der Waals surface area contributed by atoms with E-state index in [1.165, 1.54) is 0 Å². The predicted octanol–water partition coefficient (Wildman–Crippen LogP) is -5.45. The summed E-state index contributed by atoms with van der Waals surface area (Å²) >= 11 is 0. The average molecular weight is 303 g/mol. The largest absolute Gasteiger partial charge is 0.631 e. The number of hydrogen-bond donors (Lipinski definition) is 9. The average Bonchev–Trinajstić information content (AvgIpc) is 2.39. The Morgan fingerprint density at radius 2 is 0.950 bits per heavy atom. The van der Waals surface area contributed by atoms with Crippen LogP contribution in [0.25, 0.3) is 0 Å². The molecular weight excluding hydrogens is 277 g/mol. The number of aliphatic hydroxyl groups excluding tert-OH is 6. The van der Waals surface area contributed by atoms with E-state index in [9.17, 15) is 0 Å². The minimum Gasteiger partial charge on any atom is -0.402 e. The number of aliphatic hydroxyl groups is 6. The maximum Gasteiger partial charge on any atom is 0.631 e. The molecule has 0 amide bonds. The smallest absolute Gasteiger partial charge is 0.402 e. The fraction of sp³-hybridized carbons (Fsp3) is 1.00. The highest BCUT2D eigenvalue weighted by molar-refractivity contribution is 6.30. The van der Waals surface area contributed by atoms with E-state index in [0.29, 0.717) is 19.6 Å². The molecule has 0 atom stereocenters. The third-order valence-corrected chi connectivity index (χ3v) is 1.67.